The number of hydrogen-bond donors (Lipinski definition) is 1. The van der Waals surface area contributed by atoms with E-state index in [0.717, 1.165) is 24.4 Å². The van der Waals surface area contributed by atoms with Crippen LogP contribution in [0.3, 0.4) is 0 Å². The molecule has 0 aliphatic carbocycles. The number of aryl methyl sites for hydroxylation is 2. The van der Waals surface area contributed by atoms with Crippen molar-refractivity contribution in [3.05, 3.63) is 41.2 Å². The van der Waals surface area contributed by atoms with Crippen molar-refractivity contribution < 1.29 is 4.74 Å². The Morgan fingerprint density at radius 3 is 3.16 bits per heavy atom. The summed E-state index contributed by atoms with van der Waals surface area (Å²) in [6.45, 7) is 3.52. The third-order valence-electron chi connectivity index (χ3n) is 3.41. The molecule has 100 valence electrons. The van der Waals surface area contributed by atoms with Crippen LogP contribution in [0.2, 0.25) is 0 Å². The Balaban J connectivity index is 1.63. The van der Waals surface area contributed by atoms with Crippen molar-refractivity contribution in [2.75, 3.05) is 6.61 Å². The van der Waals surface area contributed by atoms with Gasteiger partial charge in [-0.1, -0.05) is 23.4 Å². The van der Waals surface area contributed by atoms with E-state index in [1.54, 1.807) is 4.68 Å². The molecule has 19 heavy (non-hydrogen) atoms. The third-order valence-corrected chi connectivity index (χ3v) is 3.41. The topological polar surface area (TPSA) is 52.0 Å². The van der Waals surface area contributed by atoms with E-state index in [-0.39, 0.29) is 0 Å². The van der Waals surface area contributed by atoms with Crippen molar-refractivity contribution in [3.8, 4) is 5.75 Å². The standard InChI is InChI=1S/C14H18N4O/c1-10-4-3-5-11-6-12(9-19-14(10)11)15-7-13-8-18(2)17-16-13/h3-5,8,12,15H,6-7,9H2,1-2H3. The maximum absolute atomic E-state index is 5.86. The summed E-state index contributed by atoms with van der Waals surface area (Å²) in [5.74, 6) is 1.06. The molecular weight excluding hydrogens is 240 g/mol. The second-order valence-corrected chi connectivity index (χ2v) is 5.04. The summed E-state index contributed by atoms with van der Waals surface area (Å²) in [4.78, 5) is 0. The number of fused-ring (bicyclic) bond motifs is 1. The lowest BCUT2D eigenvalue weighted by Gasteiger charge is -2.27. The number of rotatable bonds is 3. The summed E-state index contributed by atoms with van der Waals surface area (Å²) in [6.07, 6.45) is 2.92. The highest BCUT2D eigenvalue weighted by molar-refractivity contribution is 5.42. The molecule has 1 aliphatic rings. The molecule has 1 N–H and O–H groups in total. The molecule has 2 aromatic rings. The molecule has 5 heteroatoms. The van der Waals surface area contributed by atoms with Crippen LogP contribution in [0, 0.1) is 6.92 Å². The van der Waals surface area contributed by atoms with Gasteiger partial charge in [-0.3, -0.25) is 4.68 Å². The molecule has 2 heterocycles. The van der Waals surface area contributed by atoms with Crippen molar-refractivity contribution in [1.29, 1.82) is 0 Å². The first-order valence-electron chi connectivity index (χ1n) is 6.52. The molecule has 1 aromatic heterocycles. The van der Waals surface area contributed by atoms with Gasteiger partial charge in [0, 0.05) is 25.8 Å². The van der Waals surface area contributed by atoms with Gasteiger partial charge in [0.2, 0.25) is 0 Å². The van der Waals surface area contributed by atoms with Crippen molar-refractivity contribution in [2.24, 2.45) is 7.05 Å². The smallest absolute Gasteiger partial charge is 0.125 e. The molecule has 1 aliphatic heterocycles. The van der Waals surface area contributed by atoms with Crippen LogP contribution >= 0.6 is 0 Å². The van der Waals surface area contributed by atoms with Gasteiger partial charge in [0.1, 0.15) is 12.4 Å². The zero-order valence-electron chi connectivity index (χ0n) is 11.3. The van der Waals surface area contributed by atoms with Crippen molar-refractivity contribution in [1.82, 2.24) is 20.3 Å². The number of nitrogens with one attached hydrogen (secondary N) is 1. The molecular formula is C14H18N4O. The molecule has 0 amide bonds. The first kappa shape index (κ1) is 12.2. The summed E-state index contributed by atoms with van der Waals surface area (Å²) in [5.41, 5.74) is 3.45. The molecule has 1 atom stereocenters. The predicted octanol–water partition coefficient (Wildman–Crippen LogP) is 1.22. The lowest BCUT2D eigenvalue weighted by Crippen LogP contribution is -2.39. The second-order valence-electron chi connectivity index (χ2n) is 5.04. The SMILES string of the molecule is Cc1cccc2c1OCC(NCc1cn(C)nn1)C2. The highest BCUT2D eigenvalue weighted by atomic mass is 16.5. The van der Waals surface area contributed by atoms with E-state index in [4.69, 9.17) is 4.74 Å². The van der Waals surface area contributed by atoms with Crippen molar-refractivity contribution in [2.45, 2.75) is 25.9 Å². The molecule has 0 fully saturated rings. The molecule has 5 nitrogen and oxygen atoms in total. The lowest BCUT2D eigenvalue weighted by molar-refractivity contribution is 0.236. The van der Waals surface area contributed by atoms with E-state index < -0.39 is 0 Å². The molecule has 1 unspecified atom stereocenters. The Morgan fingerprint density at radius 1 is 1.47 bits per heavy atom. The van der Waals surface area contributed by atoms with Gasteiger partial charge in [0.25, 0.3) is 0 Å². The summed E-state index contributed by atoms with van der Waals surface area (Å²) in [6, 6.07) is 6.64. The van der Waals surface area contributed by atoms with Gasteiger partial charge < -0.3 is 10.1 Å². The molecule has 0 saturated heterocycles. The maximum atomic E-state index is 5.86. The number of hydrogen-bond acceptors (Lipinski definition) is 4. The summed E-state index contributed by atoms with van der Waals surface area (Å²) in [7, 11) is 1.87. The number of para-hydroxylation sites is 1. The third kappa shape index (κ3) is 2.61. The predicted molar refractivity (Wildman–Crippen MR) is 72.0 cm³/mol. The quantitative estimate of drug-likeness (QED) is 0.899. The van der Waals surface area contributed by atoms with Crippen molar-refractivity contribution in [3.63, 3.8) is 0 Å². The van der Waals surface area contributed by atoms with E-state index in [9.17, 15) is 0 Å². The molecule has 0 saturated carbocycles. The molecule has 0 radical (unpaired) electrons. The zero-order valence-corrected chi connectivity index (χ0v) is 11.3. The van der Waals surface area contributed by atoms with Gasteiger partial charge >= 0.3 is 0 Å². The van der Waals surface area contributed by atoms with Crippen LogP contribution in [0.25, 0.3) is 0 Å². The Bertz CT molecular complexity index is 579. The van der Waals surface area contributed by atoms with Gasteiger partial charge in [0.15, 0.2) is 0 Å². The number of ether oxygens (including phenoxy) is 1. The Morgan fingerprint density at radius 2 is 2.37 bits per heavy atom. The Kier molecular flexibility index (Phi) is 3.21. The Labute approximate surface area is 112 Å². The van der Waals surface area contributed by atoms with Crippen LogP contribution < -0.4 is 10.1 Å². The number of benzene rings is 1. The van der Waals surface area contributed by atoms with Gasteiger partial charge in [-0.15, -0.1) is 5.10 Å². The van der Waals surface area contributed by atoms with Gasteiger partial charge in [-0.2, -0.15) is 0 Å². The van der Waals surface area contributed by atoms with Crippen molar-refractivity contribution >= 4 is 0 Å². The average Bonchev–Trinajstić information content (AvgIpc) is 2.82. The molecule has 1 aromatic carbocycles. The summed E-state index contributed by atoms with van der Waals surface area (Å²) < 4.78 is 7.57. The van der Waals surface area contributed by atoms with Crippen LogP contribution in [0.1, 0.15) is 16.8 Å². The summed E-state index contributed by atoms with van der Waals surface area (Å²) >= 11 is 0. The monoisotopic (exact) mass is 258 g/mol. The number of aromatic nitrogens is 3. The van der Waals surface area contributed by atoms with Crippen LogP contribution in [0.15, 0.2) is 24.4 Å². The van der Waals surface area contributed by atoms with Gasteiger partial charge in [0.05, 0.1) is 5.69 Å². The minimum atomic E-state index is 0.330. The van der Waals surface area contributed by atoms with Crippen LogP contribution in [-0.2, 0) is 20.0 Å². The van der Waals surface area contributed by atoms with Crippen LogP contribution in [0.4, 0.5) is 0 Å². The fraction of sp³-hybridized carbons (Fsp3) is 0.429. The minimum absolute atomic E-state index is 0.330. The minimum Gasteiger partial charge on any atom is -0.491 e. The van der Waals surface area contributed by atoms with E-state index in [1.807, 2.05) is 13.2 Å². The van der Waals surface area contributed by atoms with E-state index in [0.29, 0.717) is 12.6 Å². The van der Waals surface area contributed by atoms with E-state index in [1.165, 1.54) is 11.1 Å². The highest BCUT2D eigenvalue weighted by Gasteiger charge is 2.20. The zero-order chi connectivity index (χ0) is 13.2. The van der Waals surface area contributed by atoms with E-state index >= 15 is 0 Å². The number of nitrogens with zero attached hydrogens (tertiary/aromatic N) is 3. The maximum Gasteiger partial charge on any atom is 0.125 e. The normalized spacial score (nSPS) is 17.9. The highest BCUT2D eigenvalue weighted by Crippen LogP contribution is 2.28. The van der Waals surface area contributed by atoms with Crippen LogP contribution in [-0.4, -0.2) is 27.6 Å². The Hall–Kier alpha value is -1.88. The van der Waals surface area contributed by atoms with Gasteiger partial charge in [-0.25, -0.2) is 0 Å². The average molecular weight is 258 g/mol. The lowest BCUT2D eigenvalue weighted by atomic mass is 10.00. The molecule has 3 rings (SSSR count). The van der Waals surface area contributed by atoms with Crippen LogP contribution in [0.5, 0.6) is 5.75 Å². The fourth-order valence-electron chi connectivity index (χ4n) is 2.45. The first-order valence-corrected chi connectivity index (χ1v) is 6.52. The largest absolute Gasteiger partial charge is 0.491 e. The first-order chi connectivity index (χ1) is 9.22. The van der Waals surface area contributed by atoms with E-state index in [2.05, 4.69) is 40.8 Å². The molecule has 0 spiro atoms. The molecule has 0 bridgehead atoms. The summed E-state index contributed by atoms with van der Waals surface area (Å²) in [5, 5.41) is 11.5. The fourth-order valence-corrected chi connectivity index (χ4v) is 2.45. The van der Waals surface area contributed by atoms with Gasteiger partial charge in [-0.05, 0) is 24.5 Å². The second kappa shape index (κ2) is 5.01.